The average molecular weight is 376 g/mol. The quantitative estimate of drug-likeness (QED) is 0.681. The second-order valence-corrected chi connectivity index (χ2v) is 7.84. The number of imidazole rings is 1. The number of hydrogen-bond donors (Lipinski definition) is 0. The topological polar surface area (TPSA) is 68.8 Å². The molecule has 2 aliphatic rings. The SMILES string of the molecule is O=c1ccc(-c2cccnc2)nn1CC1CN(Cc2cn3c(n2)CCCC3)C1. The van der Waals surface area contributed by atoms with Gasteiger partial charge >= 0.3 is 0 Å². The Balaban J connectivity index is 1.21. The zero-order chi connectivity index (χ0) is 18.9. The van der Waals surface area contributed by atoms with Crippen LogP contribution in [0.2, 0.25) is 0 Å². The molecule has 3 aromatic heterocycles. The third-order valence-corrected chi connectivity index (χ3v) is 5.63. The van der Waals surface area contributed by atoms with Crippen molar-refractivity contribution in [2.75, 3.05) is 13.1 Å². The Labute approximate surface area is 163 Å². The molecule has 0 bridgehead atoms. The van der Waals surface area contributed by atoms with Crippen LogP contribution in [-0.2, 0) is 26.1 Å². The van der Waals surface area contributed by atoms with E-state index in [4.69, 9.17) is 4.98 Å². The number of hydrogen-bond acceptors (Lipinski definition) is 5. The third-order valence-electron chi connectivity index (χ3n) is 5.63. The Morgan fingerprint density at radius 3 is 2.89 bits per heavy atom. The maximum Gasteiger partial charge on any atom is 0.266 e. The summed E-state index contributed by atoms with van der Waals surface area (Å²) in [4.78, 5) is 23.5. The highest BCUT2D eigenvalue weighted by Crippen LogP contribution is 2.22. The summed E-state index contributed by atoms with van der Waals surface area (Å²) in [6.07, 6.45) is 9.33. The smallest absolute Gasteiger partial charge is 0.266 e. The molecule has 0 aromatic carbocycles. The van der Waals surface area contributed by atoms with Crippen LogP contribution in [0, 0.1) is 5.92 Å². The first-order valence-corrected chi connectivity index (χ1v) is 10.0. The summed E-state index contributed by atoms with van der Waals surface area (Å²) in [5.74, 6) is 1.69. The van der Waals surface area contributed by atoms with Crippen LogP contribution in [0.4, 0.5) is 0 Å². The van der Waals surface area contributed by atoms with Gasteiger partial charge in [-0.1, -0.05) is 0 Å². The summed E-state index contributed by atoms with van der Waals surface area (Å²) < 4.78 is 3.91. The van der Waals surface area contributed by atoms with Gasteiger partial charge in [0.15, 0.2) is 0 Å². The van der Waals surface area contributed by atoms with E-state index in [2.05, 4.69) is 25.7 Å². The number of aryl methyl sites for hydroxylation is 2. The zero-order valence-electron chi connectivity index (χ0n) is 15.9. The van der Waals surface area contributed by atoms with Crippen LogP contribution in [0.3, 0.4) is 0 Å². The first kappa shape index (κ1) is 17.3. The molecule has 5 rings (SSSR count). The Hall–Kier alpha value is -2.80. The number of pyridine rings is 1. The monoisotopic (exact) mass is 376 g/mol. The van der Waals surface area contributed by atoms with Crippen LogP contribution in [-0.4, -0.2) is 42.3 Å². The van der Waals surface area contributed by atoms with Gasteiger partial charge in [0.05, 0.1) is 17.9 Å². The normalized spacial score (nSPS) is 17.3. The second-order valence-electron chi connectivity index (χ2n) is 7.84. The van der Waals surface area contributed by atoms with Crippen molar-refractivity contribution >= 4 is 0 Å². The molecule has 0 N–H and O–H groups in total. The standard InChI is InChI=1S/C21H24N6O/c28-21-7-6-19(17-4-3-8-22-10-17)24-27(21)13-16-11-25(12-16)14-18-15-26-9-2-1-5-20(26)23-18/h3-4,6-8,10,15-16H,1-2,5,9,11-14H2. The van der Waals surface area contributed by atoms with E-state index in [9.17, 15) is 4.79 Å². The van der Waals surface area contributed by atoms with Gasteiger partial charge in [-0.3, -0.25) is 14.7 Å². The third kappa shape index (κ3) is 3.49. The molecular formula is C21H24N6O. The summed E-state index contributed by atoms with van der Waals surface area (Å²) in [7, 11) is 0. The van der Waals surface area contributed by atoms with Crippen LogP contribution in [0.15, 0.2) is 47.7 Å². The minimum Gasteiger partial charge on any atom is -0.335 e. The molecule has 7 heteroatoms. The van der Waals surface area contributed by atoms with Gasteiger partial charge in [-0.2, -0.15) is 5.10 Å². The van der Waals surface area contributed by atoms with Crippen LogP contribution in [0.1, 0.15) is 24.4 Å². The molecule has 144 valence electrons. The van der Waals surface area contributed by atoms with Crippen LogP contribution < -0.4 is 5.56 Å². The molecule has 2 aliphatic heterocycles. The summed E-state index contributed by atoms with van der Waals surface area (Å²) in [6.45, 7) is 4.62. The van der Waals surface area contributed by atoms with Crippen molar-refractivity contribution in [1.29, 1.82) is 0 Å². The van der Waals surface area contributed by atoms with E-state index in [1.54, 1.807) is 29.2 Å². The molecule has 0 radical (unpaired) electrons. The Morgan fingerprint density at radius 1 is 1.14 bits per heavy atom. The fraction of sp³-hybridized carbons (Fsp3) is 0.429. The van der Waals surface area contributed by atoms with E-state index < -0.39 is 0 Å². The number of rotatable bonds is 5. The van der Waals surface area contributed by atoms with Crippen LogP contribution in [0.5, 0.6) is 0 Å². The number of aromatic nitrogens is 5. The van der Waals surface area contributed by atoms with Crippen LogP contribution >= 0.6 is 0 Å². The minimum absolute atomic E-state index is 0.0483. The Kier molecular flexibility index (Phi) is 4.52. The molecule has 7 nitrogen and oxygen atoms in total. The predicted molar refractivity (Wildman–Crippen MR) is 106 cm³/mol. The van der Waals surface area contributed by atoms with Gasteiger partial charge in [-0.25, -0.2) is 9.67 Å². The molecule has 0 spiro atoms. The Morgan fingerprint density at radius 2 is 2.07 bits per heavy atom. The molecule has 0 unspecified atom stereocenters. The van der Waals surface area contributed by atoms with Crippen molar-refractivity contribution in [3.05, 3.63) is 64.7 Å². The molecule has 5 heterocycles. The molecule has 3 aromatic rings. The summed E-state index contributed by atoms with van der Waals surface area (Å²) >= 11 is 0. The van der Waals surface area contributed by atoms with Gasteiger partial charge in [0.25, 0.3) is 5.56 Å². The van der Waals surface area contributed by atoms with Crippen molar-refractivity contribution in [2.45, 2.75) is 38.9 Å². The van der Waals surface area contributed by atoms with E-state index >= 15 is 0 Å². The fourth-order valence-corrected chi connectivity index (χ4v) is 4.19. The lowest BCUT2D eigenvalue weighted by atomic mass is 10.00. The highest BCUT2D eigenvalue weighted by Gasteiger charge is 2.28. The number of likely N-dealkylation sites (tertiary alicyclic amines) is 1. The molecule has 28 heavy (non-hydrogen) atoms. The lowest BCUT2D eigenvalue weighted by Crippen LogP contribution is -2.48. The molecule has 0 aliphatic carbocycles. The molecule has 1 fully saturated rings. The highest BCUT2D eigenvalue weighted by molar-refractivity contribution is 5.56. The summed E-state index contributed by atoms with van der Waals surface area (Å²) in [5.41, 5.74) is 2.83. The summed E-state index contributed by atoms with van der Waals surface area (Å²) in [5, 5.41) is 4.55. The largest absolute Gasteiger partial charge is 0.335 e. The van der Waals surface area contributed by atoms with Crippen molar-refractivity contribution in [1.82, 2.24) is 29.2 Å². The fourth-order valence-electron chi connectivity index (χ4n) is 4.19. The van der Waals surface area contributed by atoms with Crippen molar-refractivity contribution in [3.63, 3.8) is 0 Å². The molecular weight excluding hydrogens is 352 g/mol. The van der Waals surface area contributed by atoms with Gasteiger partial charge in [-0.05, 0) is 31.0 Å². The average Bonchev–Trinajstić information content (AvgIpc) is 3.11. The highest BCUT2D eigenvalue weighted by atomic mass is 16.1. The molecule has 0 amide bonds. The molecule has 1 saturated heterocycles. The van der Waals surface area contributed by atoms with Gasteiger partial charge < -0.3 is 4.57 Å². The van der Waals surface area contributed by atoms with Gasteiger partial charge in [0.2, 0.25) is 0 Å². The van der Waals surface area contributed by atoms with Crippen LogP contribution in [0.25, 0.3) is 11.3 Å². The van der Waals surface area contributed by atoms with Gasteiger partial charge in [0, 0.05) is 68.7 Å². The van der Waals surface area contributed by atoms with E-state index in [1.807, 2.05) is 12.1 Å². The molecule has 0 saturated carbocycles. The van der Waals surface area contributed by atoms with E-state index in [1.165, 1.54) is 24.4 Å². The Bertz CT molecular complexity index is 995. The van der Waals surface area contributed by atoms with Crippen molar-refractivity contribution in [2.24, 2.45) is 5.92 Å². The summed E-state index contributed by atoms with van der Waals surface area (Å²) in [6, 6.07) is 7.20. The lowest BCUT2D eigenvalue weighted by Gasteiger charge is -2.38. The predicted octanol–water partition coefficient (Wildman–Crippen LogP) is 1.97. The van der Waals surface area contributed by atoms with Gasteiger partial charge in [-0.15, -0.1) is 0 Å². The van der Waals surface area contributed by atoms with E-state index in [-0.39, 0.29) is 5.56 Å². The van der Waals surface area contributed by atoms with E-state index in [0.29, 0.717) is 12.5 Å². The van der Waals surface area contributed by atoms with E-state index in [0.717, 1.165) is 43.9 Å². The molecule has 0 atom stereocenters. The minimum atomic E-state index is -0.0483. The van der Waals surface area contributed by atoms with Crippen molar-refractivity contribution in [3.8, 4) is 11.3 Å². The van der Waals surface area contributed by atoms with Crippen molar-refractivity contribution < 1.29 is 0 Å². The zero-order valence-corrected chi connectivity index (χ0v) is 15.9. The first-order valence-electron chi connectivity index (χ1n) is 10.0. The second kappa shape index (κ2) is 7.31. The lowest BCUT2D eigenvalue weighted by molar-refractivity contribution is 0.0755. The maximum atomic E-state index is 12.2. The number of fused-ring (bicyclic) bond motifs is 1. The maximum absolute atomic E-state index is 12.2. The first-order chi connectivity index (χ1) is 13.7. The van der Waals surface area contributed by atoms with Gasteiger partial charge in [0.1, 0.15) is 5.82 Å². The number of nitrogens with zero attached hydrogens (tertiary/aromatic N) is 6.